The maximum Gasteiger partial charge on any atom is 0.0233 e. The second kappa shape index (κ2) is 6.53. The van der Waals surface area contributed by atoms with Crippen LogP contribution in [0.3, 0.4) is 0 Å². The summed E-state index contributed by atoms with van der Waals surface area (Å²) < 4.78 is 0. The highest BCUT2D eigenvalue weighted by Gasteiger charge is 2.14. The molecule has 104 valence electrons. The zero-order chi connectivity index (χ0) is 12.9. The molecule has 0 radical (unpaired) electrons. The smallest absolute Gasteiger partial charge is 0.0233 e. The van der Waals surface area contributed by atoms with Crippen molar-refractivity contribution >= 4 is 0 Å². The lowest BCUT2D eigenvalue weighted by Gasteiger charge is -2.22. The molecule has 1 unspecified atom stereocenters. The van der Waals surface area contributed by atoms with E-state index in [1.54, 1.807) is 0 Å². The highest BCUT2D eigenvalue weighted by atomic mass is 15.1. The molecule has 2 aliphatic rings. The lowest BCUT2D eigenvalue weighted by Crippen LogP contribution is -2.30. The number of nitrogens with one attached hydrogen (secondary N) is 1. The molecular formula is C17H26N2. The average molecular weight is 258 g/mol. The molecule has 2 fully saturated rings. The Morgan fingerprint density at radius 1 is 1.00 bits per heavy atom. The van der Waals surface area contributed by atoms with Crippen LogP contribution in [0.4, 0.5) is 0 Å². The van der Waals surface area contributed by atoms with E-state index in [0.717, 1.165) is 12.5 Å². The predicted molar refractivity (Wildman–Crippen MR) is 80.3 cm³/mol. The highest BCUT2D eigenvalue weighted by molar-refractivity contribution is 5.23. The van der Waals surface area contributed by atoms with Crippen LogP contribution in [0.25, 0.3) is 0 Å². The number of piperidine rings is 1. The molecule has 1 aromatic rings. The molecule has 0 bridgehead atoms. The molecule has 0 saturated carbocycles. The van der Waals surface area contributed by atoms with E-state index >= 15 is 0 Å². The third kappa shape index (κ3) is 3.80. The minimum atomic E-state index is 0.846. The third-order valence-corrected chi connectivity index (χ3v) is 4.55. The molecule has 0 spiro atoms. The SMILES string of the molecule is c1cc(CN2CCCC2)ccc1CC1CCCNC1. The summed E-state index contributed by atoms with van der Waals surface area (Å²) in [6.07, 6.45) is 6.75. The Morgan fingerprint density at radius 3 is 2.42 bits per heavy atom. The van der Waals surface area contributed by atoms with Gasteiger partial charge in [0, 0.05) is 6.54 Å². The summed E-state index contributed by atoms with van der Waals surface area (Å²) >= 11 is 0. The van der Waals surface area contributed by atoms with Crippen molar-refractivity contribution in [3.8, 4) is 0 Å². The van der Waals surface area contributed by atoms with Crippen LogP contribution in [0.15, 0.2) is 24.3 Å². The van der Waals surface area contributed by atoms with Crippen LogP contribution >= 0.6 is 0 Å². The molecule has 1 atom stereocenters. The Hall–Kier alpha value is -0.860. The van der Waals surface area contributed by atoms with E-state index in [1.165, 1.54) is 69.4 Å². The molecule has 1 aromatic carbocycles. The fourth-order valence-electron chi connectivity index (χ4n) is 3.41. The number of rotatable bonds is 4. The molecule has 1 N–H and O–H groups in total. The van der Waals surface area contributed by atoms with E-state index in [1.807, 2.05) is 0 Å². The molecule has 2 aliphatic heterocycles. The van der Waals surface area contributed by atoms with Crippen molar-refractivity contribution in [3.63, 3.8) is 0 Å². The summed E-state index contributed by atoms with van der Waals surface area (Å²) in [6, 6.07) is 9.37. The Kier molecular flexibility index (Phi) is 4.52. The van der Waals surface area contributed by atoms with Gasteiger partial charge in [-0.2, -0.15) is 0 Å². The standard InChI is InChI=1S/C17H26N2/c1-2-11-19(10-1)14-16-7-5-15(6-8-16)12-17-4-3-9-18-13-17/h5-8,17-18H,1-4,9-14H2. The first-order chi connectivity index (χ1) is 9.40. The van der Waals surface area contributed by atoms with Gasteiger partial charge in [-0.25, -0.2) is 0 Å². The van der Waals surface area contributed by atoms with Crippen LogP contribution in [0.2, 0.25) is 0 Å². The topological polar surface area (TPSA) is 15.3 Å². The second-order valence-corrected chi connectivity index (χ2v) is 6.22. The largest absolute Gasteiger partial charge is 0.316 e. The van der Waals surface area contributed by atoms with Gasteiger partial charge < -0.3 is 5.32 Å². The van der Waals surface area contributed by atoms with Crippen molar-refractivity contribution in [2.24, 2.45) is 5.92 Å². The van der Waals surface area contributed by atoms with E-state index in [9.17, 15) is 0 Å². The minimum Gasteiger partial charge on any atom is -0.316 e. The Bertz CT molecular complexity index is 373. The first-order valence-corrected chi connectivity index (χ1v) is 7.91. The van der Waals surface area contributed by atoms with Gasteiger partial charge in [0.05, 0.1) is 0 Å². The van der Waals surface area contributed by atoms with E-state index < -0.39 is 0 Å². The molecule has 0 aliphatic carbocycles. The van der Waals surface area contributed by atoms with Gasteiger partial charge in [0.15, 0.2) is 0 Å². The molecule has 2 nitrogen and oxygen atoms in total. The molecule has 0 aromatic heterocycles. The lowest BCUT2D eigenvalue weighted by atomic mass is 9.92. The van der Waals surface area contributed by atoms with Crippen LogP contribution in [0.1, 0.15) is 36.8 Å². The van der Waals surface area contributed by atoms with E-state index in [4.69, 9.17) is 0 Å². The second-order valence-electron chi connectivity index (χ2n) is 6.22. The fraction of sp³-hybridized carbons (Fsp3) is 0.647. The van der Waals surface area contributed by atoms with Crippen molar-refractivity contribution in [2.45, 2.75) is 38.6 Å². The van der Waals surface area contributed by atoms with Crippen LogP contribution in [-0.4, -0.2) is 31.1 Å². The van der Waals surface area contributed by atoms with Gasteiger partial charge in [-0.3, -0.25) is 4.90 Å². The van der Waals surface area contributed by atoms with E-state index in [2.05, 4.69) is 34.5 Å². The lowest BCUT2D eigenvalue weighted by molar-refractivity contribution is 0.331. The molecule has 19 heavy (non-hydrogen) atoms. The first kappa shape index (κ1) is 13.1. The summed E-state index contributed by atoms with van der Waals surface area (Å²) in [4.78, 5) is 2.57. The van der Waals surface area contributed by atoms with Crippen LogP contribution in [0.5, 0.6) is 0 Å². The zero-order valence-electron chi connectivity index (χ0n) is 11.9. The van der Waals surface area contributed by atoms with Gasteiger partial charge in [0.2, 0.25) is 0 Å². The van der Waals surface area contributed by atoms with Gasteiger partial charge >= 0.3 is 0 Å². The van der Waals surface area contributed by atoms with E-state index in [0.29, 0.717) is 0 Å². The third-order valence-electron chi connectivity index (χ3n) is 4.55. The summed E-state index contributed by atoms with van der Waals surface area (Å²) in [7, 11) is 0. The summed E-state index contributed by atoms with van der Waals surface area (Å²) in [6.45, 7) is 6.14. The van der Waals surface area contributed by atoms with Crippen molar-refractivity contribution < 1.29 is 0 Å². The van der Waals surface area contributed by atoms with Crippen LogP contribution in [0, 0.1) is 5.92 Å². The van der Waals surface area contributed by atoms with Gasteiger partial charge in [0.1, 0.15) is 0 Å². The summed E-state index contributed by atoms with van der Waals surface area (Å²) in [5.74, 6) is 0.846. The summed E-state index contributed by atoms with van der Waals surface area (Å²) in [5.41, 5.74) is 2.99. The number of hydrogen-bond donors (Lipinski definition) is 1. The number of nitrogens with zero attached hydrogens (tertiary/aromatic N) is 1. The Morgan fingerprint density at radius 2 is 1.74 bits per heavy atom. The monoisotopic (exact) mass is 258 g/mol. The van der Waals surface area contributed by atoms with Crippen LogP contribution in [-0.2, 0) is 13.0 Å². The molecule has 2 heteroatoms. The Balaban J connectivity index is 1.52. The molecule has 2 heterocycles. The quantitative estimate of drug-likeness (QED) is 0.893. The highest BCUT2D eigenvalue weighted by Crippen LogP contribution is 2.18. The normalized spacial score (nSPS) is 24.7. The van der Waals surface area contributed by atoms with Crippen molar-refractivity contribution in [1.29, 1.82) is 0 Å². The maximum atomic E-state index is 3.51. The van der Waals surface area contributed by atoms with Crippen molar-refractivity contribution in [3.05, 3.63) is 35.4 Å². The molecule has 3 rings (SSSR count). The van der Waals surface area contributed by atoms with E-state index in [-0.39, 0.29) is 0 Å². The number of likely N-dealkylation sites (tertiary alicyclic amines) is 1. The van der Waals surface area contributed by atoms with Gasteiger partial charge in [-0.05, 0) is 75.3 Å². The predicted octanol–water partition coefficient (Wildman–Crippen LogP) is 2.82. The summed E-state index contributed by atoms with van der Waals surface area (Å²) in [5, 5.41) is 3.51. The van der Waals surface area contributed by atoms with Gasteiger partial charge in [-0.1, -0.05) is 24.3 Å². The van der Waals surface area contributed by atoms with Crippen molar-refractivity contribution in [1.82, 2.24) is 10.2 Å². The van der Waals surface area contributed by atoms with Gasteiger partial charge in [0.25, 0.3) is 0 Å². The maximum absolute atomic E-state index is 3.51. The van der Waals surface area contributed by atoms with Crippen LogP contribution < -0.4 is 5.32 Å². The number of benzene rings is 1. The van der Waals surface area contributed by atoms with Gasteiger partial charge in [-0.15, -0.1) is 0 Å². The first-order valence-electron chi connectivity index (χ1n) is 7.91. The number of hydrogen-bond acceptors (Lipinski definition) is 2. The molecule has 2 saturated heterocycles. The zero-order valence-corrected chi connectivity index (χ0v) is 11.9. The van der Waals surface area contributed by atoms with Crippen molar-refractivity contribution in [2.75, 3.05) is 26.2 Å². The Labute approximate surface area is 117 Å². The average Bonchev–Trinajstić information content (AvgIpc) is 2.95. The fourth-order valence-corrected chi connectivity index (χ4v) is 3.41. The molecular weight excluding hydrogens is 232 g/mol. The molecule has 0 amide bonds. The minimum absolute atomic E-state index is 0.846.